The summed E-state index contributed by atoms with van der Waals surface area (Å²) in [5.41, 5.74) is 1.81. The Kier molecular flexibility index (Phi) is 5.55. The standard InChI is InChI=1S/C18H21NO3/c1-19(2)18(21)12-17(20)15-8-10-16(11-9-15)22-13-14-6-4-3-5-7-14/h3-11,17,20H,12-13H2,1-2H3. The molecule has 0 aliphatic heterocycles. The van der Waals surface area contributed by atoms with Crippen LogP contribution < -0.4 is 4.74 Å². The molecule has 0 heterocycles. The second-order valence-corrected chi connectivity index (χ2v) is 5.35. The molecule has 1 N–H and O–H groups in total. The van der Waals surface area contributed by atoms with Crippen molar-refractivity contribution in [1.29, 1.82) is 0 Å². The predicted octanol–water partition coefficient (Wildman–Crippen LogP) is 2.78. The van der Waals surface area contributed by atoms with E-state index in [-0.39, 0.29) is 12.3 Å². The molecule has 1 unspecified atom stereocenters. The van der Waals surface area contributed by atoms with Gasteiger partial charge >= 0.3 is 0 Å². The van der Waals surface area contributed by atoms with Crippen molar-refractivity contribution in [2.75, 3.05) is 14.1 Å². The minimum atomic E-state index is -0.793. The Morgan fingerprint density at radius 2 is 1.73 bits per heavy atom. The molecule has 0 aliphatic rings. The molecule has 22 heavy (non-hydrogen) atoms. The lowest BCUT2D eigenvalue weighted by Crippen LogP contribution is -2.23. The highest BCUT2D eigenvalue weighted by molar-refractivity contribution is 5.76. The zero-order chi connectivity index (χ0) is 15.9. The lowest BCUT2D eigenvalue weighted by atomic mass is 10.1. The number of rotatable bonds is 6. The zero-order valence-corrected chi connectivity index (χ0v) is 12.9. The molecule has 0 saturated heterocycles. The van der Waals surface area contributed by atoms with E-state index >= 15 is 0 Å². The molecule has 116 valence electrons. The average Bonchev–Trinajstić information content (AvgIpc) is 2.54. The van der Waals surface area contributed by atoms with Gasteiger partial charge in [0, 0.05) is 14.1 Å². The number of carbonyl (C=O) groups excluding carboxylic acids is 1. The Hall–Kier alpha value is -2.33. The number of benzene rings is 2. The number of hydrogen-bond acceptors (Lipinski definition) is 3. The van der Waals surface area contributed by atoms with Gasteiger partial charge in [-0.1, -0.05) is 42.5 Å². The molecule has 0 fully saturated rings. The monoisotopic (exact) mass is 299 g/mol. The molecule has 0 aliphatic carbocycles. The summed E-state index contributed by atoms with van der Waals surface area (Å²) in [5.74, 6) is 0.635. The largest absolute Gasteiger partial charge is 0.489 e. The summed E-state index contributed by atoms with van der Waals surface area (Å²) in [5, 5.41) is 10.1. The Morgan fingerprint density at radius 1 is 1.09 bits per heavy atom. The van der Waals surface area contributed by atoms with Crippen LogP contribution in [0.1, 0.15) is 23.7 Å². The van der Waals surface area contributed by atoms with Crippen LogP contribution >= 0.6 is 0 Å². The van der Waals surface area contributed by atoms with Crippen molar-refractivity contribution in [1.82, 2.24) is 4.90 Å². The quantitative estimate of drug-likeness (QED) is 0.892. The molecule has 0 radical (unpaired) electrons. The van der Waals surface area contributed by atoms with E-state index in [4.69, 9.17) is 4.74 Å². The van der Waals surface area contributed by atoms with E-state index in [0.29, 0.717) is 12.2 Å². The van der Waals surface area contributed by atoms with Crippen LogP contribution in [-0.4, -0.2) is 30.0 Å². The molecule has 1 atom stereocenters. The highest BCUT2D eigenvalue weighted by Gasteiger charge is 2.14. The number of aliphatic hydroxyl groups is 1. The normalized spacial score (nSPS) is 11.8. The Bertz CT molecular complexity index is 593. The van der Waals surface area contributed by atoms with Crippen LogP contribution in [0.5, 0.6) is 5.75 Å². The summed E-state index contributed by atoms with van der Waals surface area (Å²) >= 11 is 0. The summed E-state index contributed by atoms with van der Waals surface area (Å²) < 4.78 is 5.69. The van der Waals surface area contributed by atoms with Crippen LogP contribution in [0.2, 0.25) is 0 Å². The van der Waals surface area contributed by atoms with Crippen molar-refractivity contribution >= 4 is 5.91 Å². The molecule has 1 amide bonds. The van der Waals surface area contributed by atoms with E-state index in [9.17, 15) is 9.90 Å². The fourth-order valence-corrected chi connectivity index (χ4v) is 1.99. The summed E-state index contributed by atoms with van der Waals surface area (Å²) in [6.07, 6.45) is -0.713. The van der Waals surface area contributed by atoms with Crippen LogP contribution in [0.4, 0.5) is 0 Å². The second kappa shape index (κ2) is 7.61. The van der Waals surface area contributed by atoms with Crippen LogP contribution in [0.3, 0.4) is 0 Å². The zero-order valence-electron chi connectivity index (χ0n) is 12.9. The van der Waals surface area contributed by atoms with E-state index in [1.165, 1.54) is 4.90 Å². The first-order valence-corrected chi connectivity index (χ1v) is 7.21. The molecule has 2 aromatic carbocycles. The van der Waals surface area contributed by atoms with Crippen molar-refractivity contribution in [3.8, 4) is 5.75 Å². The van der Waals surface area contributed by atoms with Gasteiger partial charge in [-0.15, -0.1) is 0 Å². The molecule has 0 bridgehead atoms. The smallest absolute Gasteiger partial charge is 0.225 e. The fourth-order valence-electron chi connectivity index (χ4n) is 1.99. The second-order valence-electron chi connectivity index (χ2n) is 5.35. The van der Waals surface area contributed by atoms with E-state index < -0.39 is 6.10 Å². The summed E-state index contributed by atoms with van der Waals surface area (Å²) in [7, 11) is 3.35. The molecule has 2 rings (SSSR count). The first-order chi connectivity index (χ1) is 10.6. The molecule has 0 spiro atoms. The van der Waals surface area contributed by atoms with Gasteiger partial charge in [-0.25, -0.2) is 0 Å². The molecule has 0 saturated carbocycles. The van der Waals surface area contributed by atoms with Gasteiger partial charge < -0.3 is 14.7 Å². The highest BCUT2D eigenvalue weighted by atomic mass is 16.5. The topological polar surface area (TPSA) is 49.8 Å². The maximum absolute atomic E-state index is 11.6. The van der Waals surface area contributed by atoms with Gasteiger partial charge in [0.25, 0.3) is 0 Å². The van der Waals surface area contributed by atoms with Gasteiger partial charge in [0.15, 0.2) is 0 Å². The minimum Gasteiger partial charge on any atom is -0.489 e. The van der Waals surface area contributed by atoms with Crippen molar-refractivity contribution in [2.45, 2.75) is 19.1 Å². The summed E-state index contributed by atoms with van der Waals surface area (Å²) in [6, 6.07) is 17.1. The number of ether oxygens (including phenoxy) is 1. The van der Waals surface area contributed by atoms with E-state index in [2.05, 4.69) is 0 Å². The maximum Gasteiger partial charge on any atom is 0.225 e. The first-order valence-electron chi connectivity index (χ1n) is 7.21. The van der Waals surface area contributed by atoms with Crippen molar-refractivity contribution < 1.29 is 14.6 Å². The molecular weight excluding hydrogens is 278 g/mol. The van der Waals surface area contributed by atoms with Gasteiger partial charge in [-0.2, -0.15) is 0 Å². The van der Waals surface area contributed by atoms with Crippen molar-refractivity contribution in [3.05, 3.63) is 65.7 Å². The summed E-state index contributed by atoms with van der Waals surface area (Å²) in [6.45, 7) is 0.502. The Morgan fingerprint density at radius 3 is 2.32 bits per heavy atom. The molecule has 4 heteroatoms. The van der Waals surface area contributed by atoms with Crippen molar-refractivity contribution in [2.24, 2.45) is 0 Å². The average molecular weight is 299 g/mol. The molecule has 2 aromatic rings. The number of aliphatic hydroxyl groups excluding tert-OH is 1. The number of amides is 1. The van der Waals surface area contributed by atoms with Crippen LogP contribution in [0.25, 0.3) is 0 Å². The van der Waals surface area contributed by atoms with Gasteiger partial charge in [-0.3, -0.25) is 4.79 Å². The predicted molar refractivity (Wildman–Crippen MR) is 85.5 cm³/mol. The van der Waals surface area contributed by atoms with Crippen molar-refractivity contribution in [3.63, 3.8) is 0 Å². The third-order valence-corrected chi connectivity index (χ3v) is 3.38. The van der Waals surface area contributed by atoms with E-state index in [0.717, 1.165) is 11.3 Å². The van der Waals surface area contributed by atoms with Gasteiger partial charge in [-0.05, 0) is 23.3 Å². The van der Waals surface area contributed by atoms with E-state index in [1.54, 1.807) is 26.2 Å². The summed E-state index contributed by atoms with van der Waals surface area (Å²) in [4.78, 5) is 13.1. The molecular formula is C18H21NO3. The minimum absolute atomic E-state index is 0.0806. The lowest BCUT2D eigenvalue weighted by Gasteiger charge is -2.15. The van der Waals surface area contributed by atoms with Gasteiger partial charge in [0.05, 0.1) is 12.5 Å². The SMILES string of the molecule is CN(C)C(=O)CC(O)c1ccc(OCc2ccccc2)cc1. The number of nitrogens with zero attached hydrogens (tertiary/aromatic N) is 1. The maximum atomic E-state index is 11.6. The fraction of sp³-hybridized carbons (Fsp3) is 0.278. The van der Waals surface area contributed by atoms with Gasteiger partial charge in [0.2, 0.25) is 5.91 Å². The van der Waals surface area contributed by atoms with Gasteiger partial charge in [0.1, 0.15) is 12.4 Å². The number of hydrogen-bond donors (Lipinski definition) is 1. The van der Waals surface area contributed by atoms with Crippen LogP contribution in [0, 0.1) is 0 Å². The first kappa shape index (κ1) is 16.0. The molecule has 4 nitrogen and oxygen atoms in total. The van der Waals surface area contributed by atoms with E-state index in [1.807, 2.05) is 42.5 Å². The lowest BCUT2D eigenvalue weighted by molar-refractivity contribution is -0.130. The van der Waals surface area contributed by atoms with Crippen LogP contribution in [0.15, 0.2) is 54.6 Å². The van der Waals surface area contributed by atoms with Crippen LogP contribution in [-0.2, 0) is 11.4 Å². The third kappa shape index (κ3) is 4.60. The number of carbonyl (C=O) groups is 1. The Balaban J connectivity index is 1.91. The highest BCUT2D eigenvalue weighted by Crippen LogP contribution is 2.21. The third-order valence-electron chi connectivity index (χ3n) is 3.38. The Labute approximate surface area is 131 Å². The molecule has 0 aromatic heterocycles.